The maximum atomic E-state index is 6.08. The standard InChI is InChI=1S/C39H81NO2/c1-7-8-9-10-11-12-13-14-15-16-17-18-19-20-31-41-34-39(33-40)42-32-30-38(6)29-23-28-37(5)27-22-26-36(4)25-21-24-35(2)3/h35-39H,7-34,40H2,1-6H3/t36-,37-,38?,39-/m1/s1. The van der Waals surface area contributed by atoms with Crippen molar-refractivity contribution in [2.24, 2.45) is 29.4 Å². The summed E-state index contributed by atoms with van der Waals surface area (Å²) in [6, 6.07) is 0. The second-order valence-corrected chi connectivity index (χ2v) is 14.7. The van der Waals surface area contributed by atoms with Gasteiger partial charge in [-0.2, -0.15) is 0 Å². The summed E-state index contributed by atoms with van der Waals surface area (Å²) in [6.45, 7) is 17.2. The van der Waals surface area contributed by atoms with E-state index >= 15 is 0 Å². The van der Waals surface area contributed by atoms with Crippen molar-refractivity contribution < 1.29 is 9.47 Å². The van der Waals surface area contributed by atoms with Crippen LogP contribution in [0.3, 0.4) is 0 Å². The van der Waals surface area contributed by atoms with Gasteiger partial charge in [0.05, 0.1) is 12.7 Å². The molecule has 2 N–H and O–H groups in total. The van der Waals surface area contributed by atoms with E-state index in [1.165, 1.54) is 148 Å². The van der Waals surface area contributed by atoms with E-state index in [0.29, 0.717) is 13.2 Å². The van der Waals surface area contributed by atoms with Crippen molar-refractivity contribution in [1.82, 2.24) is 0 Å². The van der Waals surface area contributed by atoms with E-state index in [9.17, 15) is 0 Å². The summed E-state index contributed by atoms with van der Waals surface area (Å²) in [5.74, 6) is 3.36. The highest BCUT2D eigenvalue weighted by atomic mass is 16.5. The normalized spacial score (nSPS) is 14.9. The topological polar surface area (TPSA) is 44.5 Å². The van der Waals surface area contributed by atoms with Gasteiger partial charge in [-0.1, -0.05) is 183 Å². The fourth-order valence-electron chi connectivity index (χ4n) is 6.17. The van der Waals surface area contributed by atoms with Gasteiger partial charge in [-0.25, -0.2) is 0 Å². The molecule has 3 heteroatoms. The summed E-state index contributed by atoms with van der Waals surface area (Å²) in [5.41, 5.74) is 5.96. The van der Waals surface area contributed by atoms with Gasteiger partial charge in [-0.3, -0.25) is 0 Å². The Morgan fingerprint density at radius 1 is 0.452 bits per heavy atom. The van der Waals surface area contributed by atoms with Crippen molar-refractivity contribution in [2.75, 3.05) is 26.4 Å². The lowest BCUT2D eigenvalue weighted by molar-refractivity contribution is -0.0162. The van der Waals surface area contributed by atoms with Gasteiger partial charge in [0, 0.05) is 19.8 Å². The van der Waals surface area contributed by atoms with E-state index in [1.807, 2.05) is 0 Å². The summed E-state index contributed by atoms with van der Waals surface area (Å²) >= 11 is 0. The summed E-state index contributed by atoms with van der Waals surface area (Å²) in [7, 11) is 0. The zero-order valence-corrected chi connectivity index (χ0v) is 30.1. The Morgan fingerprint density at radius 3 is 1.29 bits per heavy atom. The second kappa shape index (κ2) is 32.3. The van der Waals surface area contributed by atoms with Crippen molar-refractivity contribution in [2.45, 2.75) is 202 Å². The fourth-order valence-corrected chi connectivity index (χ4v) is 6.17. The Kier molecular flexibility index (Phi) is 32.2. The maximum Gasteiger partial charge on any atom is 0.0930 e. The molecule has 4 atom stereocenters. The highest BCUT2D eigenvalue weighted by Crippen LogP contribution is 2.23. The first-order valence-electron chi connectivity index (χ1n) is 19.3. The predicted octanol–water partition coefficient (Wildman–Crippen LogP) is 12.3. The van der Waals surface area contributed by atoms with Crippen LogP contribution < -0.4 is 5.73 Å². The molecule has 0 fully saturated rings. The third-order valence-electron chi connectivity index (χ3n) is 9.44. The number of nitrogens with two attached hydrogens (primary N) is 1. The minimum absolute atomic E-state index is 0.0524. The molecule has 0 aliphatic heterocycles. The van der Waals surface area contributed by atoms with E-state index in [4.69, 9.17) is 15.2 Å². The molecule has 42 heavy (non-hydrogen) atoms. The molecular formula is C39H81NO2. The van der Waals surface area contributed by atoms with Crippen LogP contribution >= 0.6 is 0 Å². The van der Waals surface area contributed by atoms with Gasteiger partial charge in [-0.15, -0.1) is 0 Å². The number of hydrogen-bond acceptors (Lipinski definition) is 3. The molecule has 3 nitrogen and oxygen atoms in total. The van der Waals surface area contributed by atoms with Crippen LogP contribution in [0.5, 0.6) is 0 Å². The van der Waals surface area contributed by atoms with Gasteiger partial charge < -0.3 is 15.2 Å². The lowest BCUT2D eigenvalue weighted by atomic mass is 9.91. The highest BCUT2D eigenvalue weighted by Gasteiger charge is 2.11. The van der Waals surface area contributed by atoms with Crippen molar-refractivity contribution in [3.8, 4) is 0 Å². The average molecular weight is 596 g/mol. The molecule has 0 saturated carbocycles. The first-order valence-corrected chi connectivity index (χ1v) is 19.3. The summed E-state index contributed by atoms with van der Waals surface area (Å²) < 4.78 is 12.0. The minimum atomic E-state index is 0.0524. The first-order chi connectivity index (χ1) is 20.4. The van der Waals surface area contributed by atoms with Crippen LogP contribution in [0.1, 0.15) is 196 Å². The van der Waals surface area contributed by atoms with Crippen molar-refractivity contribution >= 4 is 0 Å². The molecule has 0 amide bonds. The second-order valence-electron chi connectivity index (χ2n) is 14.7. The van der Waals surface area contributed by atoms with Gasteiger partial charge in [0.1, 0.15) is 0 Å². The molecule has 0 spiro atoms. The van der Waals surface area contributed by atoms with Crippen LogP contribution in [0.15, 0.2) is 0 Å². The Balaban J connectivity index is 3.54. The Hall–Kier alpha value is -0.120. The molecule has 0 aliphatic rings. The third-order valence-corrected chi connectivity index (χ3v) is 9.44. The van der Waals surface area contributed by atoms with Crippen LogP contribution in [0.25, 0.3) is 0 Å². The Labute approximate surface area is 266 Å². The maximum absolute atomic E-state index is 6.08. The number of unbranched alkanes of at least 4 members (excludes halogenated alkanes) is 13. The van der Waals surface area contributed by atoms with Crippen molar-refractivity contribution in [3.63, 3.8) is 0 Å². The average Bonchev–Trinajstić information content (AvgIpc) is 2.95. The predicted molar refractivity (Wildman–Crippen MR) is 188 cm³/mol. The van der Waals surface area contributed by atoms with Crippen LogP contribution in [0, 0.1) is 23.7 Å². The van der Waals surface area contributed by atoms with Crippen molar-refractivity contribution in [3.05, 3.63) is 0 Å². The SMILES string of the molecule is CCCCCCCCCCCCCCCCOC[C@@H](CN)OCCC(C)CCC[C@H](C)CCC[C@H](C)CCCC(C)C. The van der Waals surface area contributed by atoms with Gasteiger partial charge >= 0.3 is 0 Å². The van der Waals surface area contributed by atoms with Crippen LogP contribution in [0.4, 0.5) is 0 Å². The lowest BCUT2D eigenvalue weighted by Crippen LogP contribution is -2.29. The van der Waals surface area contributed by atoms with E-state index < -0.39 is 0 Å². The van der Waals surface area contributed by atoms with Gasteiger partial charge in [-0.05, 0) is 36.5 Å². The molecule has 1 unspecified atom stereocenters. The molecular weight excluding hydrogens is 514 g/mol. The smallest absolute Gasteiger partial charge is 0.0930 e. The molecule has 0 aromatic heterocycles. The molecule has 0 bridgehead atoms. The van der Waals surface area contributed by atoms with Crippen LogP contribution in [-0.2, 0) is 9.47 Å². The molecule has 0 aromatic rings. The summed E-state index contributed by atoms with van der Waals surface area (Å²) in [6.07, 6.45) is 33.2. The number of hydrogen-bond donors (Lipinski definition) is 1. The molecule has 254 valence electrons. The van der Waals surface area contributed by atoms with Crippen LogP contribution in [0.2, 0.25) is 0 Å². The number of ether oxygens (including phenoxy) is 2. The third kappa shape index (κ3) is 31.3. The first kappa shape index (κ1) is 41.9. The molecule has 0 aliphatic carbocycles. The van der Waals surface area contributed by atoms with E-state index in [1.54, 1.807) is 0 Å². The van der Waals surface area contributed by atoms with Crippen LogP contribution in [-0.4, -0.2) is 32.5 Å². The van der Waals surface area contributed by atoms with Gasteiger partial charge in [0.25, 0.3) is 0 Å². The zero-order chi connectivity index (χ0) is 31.1. The van der Waals surface area contributed by atoms with Crippen molar-refractivity contribution in [1.29, 1.82) is 0 Å². The van der Waals surface area contributed by atoms with Gasteiger partial charge in [0.15, 0.2) is 0 Å². The fraction of sp³-hybridized carbons (Fsp3) is 1.00. The molecule has 0 heterocycles. The monoisotopic (exact) mass is 596 g/mol. The molecule has 0 radical (unpaired) electrons. The highest BCUT2D eigenvalue weighted by molar-refractivity contribution is 4.62. The number of rotatable bonds is 34. The van der Waals surface area contributed by atoms with E-state index in [-0.39, 0.29) is 6.10 Å². The largest absolute Gasteiger partial charge is 0.379 e. The Morgan fingerprint density at radius 2 is 0.857 bits per heavy atom. The summed E-state index contributed by atoms with van der Waals surface area (Å²) in [4.78, 5) is 0. The minimum Gasteiger partial charge on any atom is -0.379 e. The zero-order valence-electron chi connectivity index (χ0n) is 30.1. The lowest BCUT2D eigenvalue weighted by Gasteiger charge is -2.19. The Bertz CT molecular complexity index is 511. The summed E-state index contributed by atoms with van der Waals surface area (Å²) in [5, 5.41) is 0. The van der Waals surface area contributed by atoms with E-state index in [2.05, 4.69) is 41.5 Å². The van der Waals surface area contributed by atoms with Gasteiger partial charge in [0.2, 0.25) is 0 Å². The molecule has 0 saturated heterocycles. The quantitative estimate of drug-likeness (QED) is 0.0752. The van der Waals surface area contributed by atoms with E-state index in [0.717, 1.165) is 43.3 Å². The molecule has 0 rings (SSSR count). The molecule has 0 aromatic carbocycles.